The first-order valence-corrected chi connectivity index (χ1v) is 7.64. The first kappa shape index (κ1) is 18.3. The molecular formula is C12H11BrN3NaO3S. The molecule has 2 aromatic carbocycles. The molecular weight excluding hydrogens is 369 g/mol. The van der Waals surface area contributed by atoms with Gasteiger partial charge in [-0.3, -0.25) is 4.55 Å². The fourth-order valence-electron chi connectivity index (χ4n) is 1.38. The number of rotatable bonds is 3. The van der Waals surface area contributed by atoms with Crippen LogP contribution in [-0.2, 0) is 10.1 Å². The molecule has 3 N–H and O–H groups in total. The Morgan fingerprint density at radius 3 is 2.05 bits per heavy atom. The Bertz CT molecular complexity index is 764. The summed E-state index contributed by atoms with van der Waals surface area (Å²) in [5, 5.41) is 7.96. The van der Waals surface area contributed by atoms with Crippen LogP contribution in [0.15, 0.2) is 62.1 Å². The first-order valence-electron chi connectivity index (χ1n) is 5.40. The summed E-state index contributed by atoms with van der Waals surface area (Å²) in [6.45, 7) is 0. The number of hydrogen-bond donors (Lipinski definition) is 2. The second-order valence-electron chi connectivity index (χ2n) is 3.87. The summed E-state index contributed by atoms with van der Waals surface area (Å²) in [7, 11) is -4.19. The molecule has 0 aliphatic rings. The topological polar surface area (TPSA) is 105 Å². The molecule has 0 unspecified atom stereocenters. The zero-order valence-corrected chi connectivity index (χ0v) is 12.5. The summed E-state index contributed by atoms with van der Waals surface area (Å²) in [5.41, 5.74) is 7.32. The minimum absolute atomic E-state index is 0. The molecule has 0 bridgehead atoms. The molecule has 0 spiro atoms. The molecule has 0 aliphatic carbocycles. The van der Waals surface area contributed by atoms with Gasteiger partial charge in [0.15, 0.2) is 0 Å². The third-order valence-electron chi connectivity index (χ3n) is 2.40. The summed E-state index contributed by atoms with van der Waals surface area (Å²) in [6.07, 6.45) is 0. The molecule has 0 atom stereocenters. The standard InChI is InChI=1S/C12H10BrN3O3S.Na.H/c13-11-7-9(3-6-12(11)14)16-15-8-1-4-10(5-2-8)20(17,18)19;;/h1-7H,14H2,(H,17,18,19);;/b16-15+;;. The Morgan fingerprint density at radius 1 is 1.00 bits per heavy atom. The Kier molecular flexibility index (Phi) is 6.51. The van der Waals surface area contributed by atoms with Crippen molar-refractivity contribution in [3.05, 3.63) is 46.9 Å². The Labute approximate surface area is 152 Å². The summed E-state index contributed by atoms with van der Waals surface area (Å²) in [5.74, 6) is 0. The molecule has 0 saturated carbocycles. The summed E-state index contributed by atoms with van der Waals surface area (Å²) >= 11 is 3.28. The number of nitrogens with two attached hydrogens (primary N) is 1. The number of benzene rings is 2. The number of anilines is 1. The molecule has 6 nitrogen and oxygen atoms in total. The number of nitrogens with zero attached hydrogens (tertiary/aromatic N) is 2. The minimum atomic E-state index is -4.19. The van der Waals surface area contributed by atoms with Gasteiger partial charge >= 0.3 is 29.6 Å². The van der Waals surface area contributed by atoms with Gasteiger partial charge < -0.3 is 5.73 Å². The number of azo groups is 1. The van der Waals surface area contributed by atoms with Crippen LogP contribution in [0.4, 0.5) is 17.1 Å². The van der Waals surface area contributed by atoms with Crippen LogP contribution in [0.5, 0.6) is 0 Å². The van der Waals surface area contributed by atoms with Gasteiger partial charge in [-0.15, -0.1) is 0 Å². The van der Waals surface area contributed by atoms with E-state index in [4.69, 9.17) is 10.3 Å². The van der Waals surface area contributed by atoms with Gasteiger partial charge in [-0.25, -0.2) is 0 Å². The quantitative estimate of drug-likeness (QED) is 0.370. The monoisotopic (exact) mass is 379 g/mol. The average molecular weight is 380 g/mol. The maximum atomic E-state index is 10.9. The molecule has 2 aromatic rings. The van der Waals surface area contributed by atoms with Crippen molar-refractivity contribution < 1.29 is 13.0 Å². The zero-order chi connectivity index (χ0) is 14.8. The molecule has 0 amide bonds. The average Bonchev–Trinajstić information content (AvgIpc) is 2.40. The van der Waals surface area contributed by atoms with Gasteiger partial charge in [-0.2, -0.15) is 18.6 Å². The van der Waals surface area contributed by atoms with Gasteiger partial charge in [0.25, 0.3) is 10.1 Å². The molecule has 0 heterocycles. The molecule has 106 valence electrons. The van der Waals surface area contributed by atoms with Gasteiger partial charge in [-0.05, 0) is 58.4 Å². The molecule has 0 saturated heterocycles. The molecule has 0 radical (unpaired) electrons. The molecule has 0 aliphatic heterocycles. The third kappa shape index (κ3) is 5.17. The fraction of sp³-hybridized carbons (Fsp3) is 0. The van der Waals surface area contributed by atoms with Crippen LogP contribution < -0.4 is 5.73 Å². The molecule has 0 fully saturated rings. The summed E-state index contributed by atoms with van der Waals surface area (Å²) in [4.78, 5) is -0.188. The predicted octanol–water partition coefficient (Wildman–Crippen LogP) is 3.04. The van der Waals surface area contributed by atoms with E-state index >= 15 is 0 Å². The van der Waals surface area contributed by atoms with Gasteiger partial charge in [0, 0.05) is 10.2 Å². The van der Waals surface area contributed by atoms with Crippen LogP contribution in [0.25, 0.3) is 0 Å². The zero-order valence-electron chi connectivity index (χ0n) is 10.1. The van der Waals surface area contributed by atoms with E-state index < -0.39 is 10.1 Å². The van der Waals surface area contributed by atoms with E-state index in [-0.39, 0.29) is 34.5 Å². The van der Waals surface area contributed by atoms with Crippen LogP contribution in [0.1, 0.15) is 0 Å². The van der Waals surface area contributed by atoms with E-state index in [9.17, 15) is 8.42 Å². The maximum absolute atomic E-state index is 10.9. The van der Waals surface area contributed by atoms with Crippen LogP contribution >= 0.6 is 15.9 Å². The van der Waals surface area contributed by atoms with Gasteiger partial charge in [-0.1, -0.05) is 0 Å². The van der Waals surface area contributed by atoms with E-state index in [1.807, 2.05) is 0 Å². The SMILES string of the molecule is Nc1ccc(/N=N/c2ccc(S(=O)(=O)O)cc2)cc1Br.[NaH]. The molecule has 9 heteroatoms. The van der Waals surface area contributed by atoms with Gasteiger partial charge in [0.2, 0.25) is 0 Å². The molecule has 0 aromatic heterocycles. The van der Waals surface area contributed by atoms with Crippen molar-refractivity contribution in [2.75, 3.05) is 5.73 Å². The number of nitrogen functional groups attached to an aromatic ring is 1. The summed E-state index contributed by atoms with van der Waals surface area (Å²) in [6, 6.07) is 10.5. The Balaban J connectivity index is 0.00000220. The van der Waals surface area contributed by atoms with E-state index in [1.54, 1.807) is 18.2 Å². The van der Waals surface area contributed by atoms with Gasteiger partial charge in [0.1, 0.15) is 0 Å². The molecule has 21 heavy (non-hydrogen) atoms. The van der Waals surface area contributed by atoms with Crippen molar-refractivity contribution in [2.24, 2.45) is 10.2 Å². The van der Waals surface area contributed by atoms with Crippen molar-refractivity contribution >= 4 is 72.7 Å². The van der Waals surface area contributed by atoms with Crippen LogP contribution in [0, 0.1) is 0 Å². The second-order valence-corrected chi connectivity index (χ2v) is 6.15. The first-order chi connectivity index (χ1) is 9.36. The van der Waals surface area contributed by atoms with Crippen molar-refractivity contribution in [1.29, 1.82) is 0 Å². The Morgan fingerprint density at radius 2 is 1.52 bits per heavy atom. The van der Waals surface area contributed by atoms with Crippen molar-refractivity contribution in [2.45, 2.75) is 4.90 Å². The van der Waals surface area contributed by atoms with Crippen molar-refractivity contribution in [3.63, 3.8) is 0 Å². The van der Waals surface area contributed by atoms with E-state index in [2.05, 4.69) is 26.2 Å². The van der Waals surface area contributed by atoms with Crippen LogP contribution in [-0.4, -0.2) is 42.5 Å². The second kappa shape index (κ2) is 7.48. The Hall–Kier alpha value is -0.770. The van der Waals surface area contributed by atoms with E-state index in [0.29, 0.717) is 17.1 Å². The number of hydrogen-bond acceptors (Lipinski definition) is 5. The van der Waals surface area contributed by atoms with Crippen molar-refractivity contribution in [3.8, 4) is 0 Å². The number of halogens is 1. The summed E-state index contributed by atoms with van der Waals surface area (Å²) < 4.78 is 31.3. The van der Waals surface area contributed by atoms with E-state index in [0.717, 1.165) is 4.47 Å². The normalized spacial score (nSPS) is 11.3. The fourth-order valence-corrected chi connectivity index (χ4v) is 2.23. The van der Waals surface area contributed by atoms with Crippen molar-refractivity contribution in [1.82, 2.24) is 0 Å². The van der Waals surface area contributed by atoms with Gasteiger partial charge in [0.05, 0.1) is 16.3 Å². The third-order valence-corrected chi connectivity index (χ3v) is 3.95. The van der Waals surface area contributed by atoms with Crippen LogP contribution in [0.2, 0.25) is 0 Å². The van der Waals surface area contributed by atoms with E-state index in [1.165, 1.54) is 24.3 Å². The molecule has 2 rings (SSSR count). The predicted molar refractivity (Wildman–Crippen MR) is 86.1 cm³/mol. The van der Waals surface area contributed by atoms with Crippen LogP contribution in [0.3, 0.4) is 0 Å².